The van der Waals surface area contributed by atoms with Crippen molar-refractivity contribution in [2.75, 3.05) is 6.61 Å². The quantitative estimate of drug-likeness (QED) is 0.496. The lowest BCUT2D eigenvalue weighted by Gasteiger charge is -2.16. The average Bonchev–Trinajstić information content (AvgIpc) is 3.10. The Hall–Kier alpha value is -2.40. The minimum absolute atomic E-state index is 0.327. The number of nitrogens with zero attached hydrogens (tertiary/aromatic N) is 5. The third-order valence-corrected chi connectivity index (χ3v) is 3.91. The van der Waals surface area contributed by atoms with E-state index in [2.05, 4.69) is 15.0 Å². The summed E-state index contributed by atoms with van der Waals surface area (Å²) in [7, 11) is 0. The van der Waals surface area contributed by atoms with E-state index in [0.29, 0.717) is 16.8 Å². The Morgan fingerprint density at radius 3 is 2.74 bits per heavy atom. The van der Waals surface area contributed by atoms with Gasteiger partial charge in [0, 0.05) is 12.3 Å². The van der Waals surface area contributed by atoms with Gasteiger partial charge in [-0.3, -0.25) is 13.8 Å². The van der Waals surface area contributed by atoms with E-state index in [0.717, 1.165) is 0 Å². The third-order valence-electron chi connectivity index (χ3n) is 3.91. The van der Waals surface area contributed by atoms with Gasteiger partial charge < -0.3 is 20.1 Å². The van der Waals surface area contributed by atoms with Crippen molar-refractivity contribution in [2.45, 2.75) is 24.5 Å². The first kappa shape index (κ1) is 14.2. The Bertz CT molecular complexity index is 937. The van der Waals surface area contributed by atoms with Crippen LogP contribution < -0.4 is 5.56 Å². The molecule has 3 aromatic heterocycles. The molecule has 1 fully saturated rings. The summed E-state index contributed by atoms with van der Waals surface area (Å²) in [4.78, 5) is 23.8. The predicted octanol–water partition coefficient (Wildman–Crippen LogP) is -1.95. The van der Waals surface area contributed by atoms with Crippen molar-refractivity contribution in [2.24, 2.45) is 0 Å². The van der Waals surface area contributed by atoms with E-state index in [4.69, 9.17) is 9.84 Å². The Morgan fingerprint density at radius 1 is 1.17 bits per heavy atom. The molecule has 0 aromatic carbocycles. The summed E-state index contributed by atoms with van der Waals surface area (Å²) in [6.07, 6.45) is 0.0759. The van der Waals surface area contributed by atoms with Crippen molar-refractivity contribution >= 4 is 16.8 Å². The SMILES string of the molecule is O=c1ccn2cnc3c(ncn3[C@@H]3O[C@@H](CO)[C@@H](O)[C@@H]3O)c2n1. The predicted molar refractivity (Wildman–Crippen MR) is 75.6 cm³/mol. The number of aliphatic hydroxyl groups is 3. The lowest BCUT2D eigenvalue weighted by atomic mass is 10.1. The molecule has 0 unspecified atom stereocenters. The van der Waals surface area contributed by atoms with Crippen LogP contribution in [0.15, 0.2) is 29.7 Å². The zero-order valence-corrected chi connectivity index (χ0v) is 11.7. The number of aliphatic hydroxyl groups excluding tert-OH is 3. The fourth-order valence-corrected chi connectivity index (χ4v) is 2.74. The van der Waals surface area contributed by atoms with Gasteiger partial charge >= 0.3 is 0 Å². The average molecular weight is 319 g/mol. The van der Waals surface area contributed by atoms with Gasteiger partial charge in [0.1, 0.15) is 24.6 Å². The highest BCUT2D eigenvalue weighted by atomic mass is 16.6. The highest BCUT2D eigenvalue weighted by Crippen LogP contribution is 2.31. The molecule has 4 atom stereocenters. The summed E-state index contributed by atoms with van der Waals surface area (Å²) in [5.74, 6) is 0. The molecule has 10 nitrogen and oxygen atoms in total. The molecule has 0 aliphatic carbocycles. The Kier molecular flexibility index (Phi) is 3.13. The minimum Gasteiger partial charge on any atom is -0.394 e. The van der Waals surface area contributed by atoms with Gasteiger partial charge in [-0.05, 0) is 0 Å². The van der Waals surface area contributed by atoms with Crippen molar-refractivity contribution in [1.82, 2.24) is 23.9 Å². The fourth-order valence-electron chi connectivity index (χ4n) is 2.74. The first-order chi connectivity index (χ1) is 11.1. The van der Waals surface area contributed by atoms with E-state index in [1.54, 1.807) is 4.40 Å². The summed E-state index contributed by atoms with van der Waals surface area (Å²) in [5.41, 5.74) is 0.633. The van der Waals surface area contributed by atoms with Crippen LogP contribution >= 0.6 is 0 Å². The molecular formula is C13H13N5O5. The number of aromatic nitrogens is 5. The third kappa shape index (κ3) is 2.04. The van der Waals surface area contributed by atoms with E-state index >= 15 is 0 Å². The molecule has 23 heavy (non-hydrogen) atoms. The lowest BCUT2D eigenvalue weighted by Crippen LogP contribution is -2.33. The monoisotopic (exact) mass is 319 g/mol. The molecule has 3 aromatic rings. The molecule has 1 aliphatic heterocycles. The van der Waals surface area contributed by atoms with Crippen LogP contribution in [0.25, 0.3) is 16.8 Å². The Morgan fingerprint density at radius 2 is 2.00 bits per heavy atom. The standard InChI is InChI=1S/C13H13N5O5/c19-3-6-9(21)10(22)13(23-6)18-5-14-8-11(18)15-4-17-2-1-7(20)16-12(8)17/h1-2,4-6,9-10,13,19,21-22H,3H2/t6-,9+,10-,13+/m0/s1. The largest absolute Gasteiger partial charge is 0.394 e. The maximum atomic E-state index is 11.5. The number of rotatable bonds is 2. The van der Waals surface area contributed by atoms with Crippen LogP contribution in [-0.4, -0.2) is 64.2 Å². The van der Waals surface area contributed by atoms with Crippen LogP contribution in [0.4, 0.5) is 0 Å². The van der Waals surface area contributed by atoms with Crippen molar-refractivity contribution in [3.8, 4) is 0 Å². The Labute approximate surface area is 128 Å². The lowest BCUT2D eigenvalue weighted by molar-refractivity contribution is -0.0511. The van der Waals surface area contributed by atoms with Crippen LogP contribution in [0, 0.1) is 0 Å². The smallest absolute Gasteiger partial charge is 0.273 e. The maximum absolute atomic E-state index is 11.5. The number of hydrogen-bond donors (Lipinski definition) is 3. The van der Waals surface area contributed by atoms with Crippen LogP contribution in [0.1, 0.15) is 6.23 Å². The number of hydrogen-bond acceptors (Lipinski definition) is 8. The Balaban J connectivity index is 1.88. The second kappa shape index (κ2) is 5.06. The van der Waals surface area contributed by atoms with Crippen LogP contribution in [0.2, 0.25) is 0 Å². The van der Waals surface area contributed by atoms with Gasteiger partial charge in [-0.1, -0.05) is 0 Å². The van der Waals surface area contributed by atoms with Gasteiger partial charge in [-0.2, -0.15) is 4.98 Å². The second-order valence-electron chi connectivity index (χ2n) is 5.29. The molecule has 4 rings (SSSR count). The molecule has 1 saturated heterocycles. The molecule has 0 amide bonds. The highest BCUT2D eigenvalue weighted by Gasteiger charge is 2.43. The number of imidazole rings is 1. The molecule has 0 bridgehead atoms. The van der Waals surface area contributed by atoms with E-state index in [1.807, 2.05) is 0 Å². The summed E-state index contributed by atoms with van der Waals surface area (Å²) in [6.45, 7) is -0.422. The topological polar surface area (TPSA) is 135 Å². The number of ether oxygens (including phenoxy) is 1. The first-order valence-electron chi connectivity index (χ1n) is 6.93. The van der Waals surface area contributed by atoms with Crippen molar-refractivity contribution in [3.05, 3.63) is 35.3 Å². The van der Waals surface area contributed by atoms with E-state index in [9.17, 15) is 15.0 Å². The van der Waals surface area contributed by atoms with Gasteiger partial charge in [-0.25, -0.2) is 9.97 Å². The fraction of sp³-hybridized carbons (Fsp3) is 0.385. The van der Waals surface area contributed by atoms with Gasteiger partial charge in [0.25, 0.3) is 5.56 Å². The molecule has 3 N–H and O–H groups in total. The molecular weight excluding hydrogens is 306 g/mol. The van der Waals surface area contributed by atoms with E-state index in [1.165, 1.54) is 29.5 Å². The molecule has 0 spiro atoms. The zero-order valence-electron chi connectivity index (χ0n) is 11.7. The van der Waals surface area contributed by atoms with Gasteiger partial charge in [-0.15, -0.1) is 0 Å². The molecule has 0 radical (unpaired) electrons. The first-order valence-corrected chi connectivity index (χ1v) is 6.93. The minimum atomic E-state index is -1.24. The summed E-state index contributed by atoms with van der Waals surface area (Å²) in [5, 5.41) is 29.1. The molecule has 0 saturated carbocycles. The zero-order chi connectivity index (χ0) is 16.1. The van der Waals surface area contributed by atoms with Crippen LogP contribution in [0.5, 0.6) is 0 Å². The highest BCUT2D eigenvalue weighted by molar-refractivity contribution is 5.84. The number of fused-ring (bicyclic) bond motifs is 3. The molecule has 10 heteroatoms. The maximum Gasteiger partial charge on any atom is 0.273 e. The van der Waals surface area contributed by atoms with Gasteiger partial charge in [0.05, 0.1) is 12.9 Å². The summed E-state index contributed by atoms with van der Waals surface area (Å²) < 4.78 is 8.46. The molecule has 120 valence electrons. The van der Waals surface area contributed by atoms with Crippen LogP contribution in [-0.2, 0) is 4.74 Å². The van der Waals surface area contributed by atoms with Crippen LogP contribution in [0.3, 0.4) is 0 Å². The summed E-state index contributed by atoms with van der Waals surface area (Å²) in [6, 6.07) is 1.31. The second-order valence-corrected chi connectivity index (χ2v) is 5.29. The molecule has 4 heterocycles. The van der Waals surface area contributed by atoms with E-state index < -0.39 is 36.7 Å². The van der Waals surface area contributed by atoms with Crippen molar-refractivity contribution < 1.29 is 20.1 Å². The van der Waals surface area contributed by atoms with Gasteiger partial charge in [0.15, 0.2) is 23.0 Å². The van der Waals surface area contributed by atoms with Gasteiger partial charge in [0.2, 0.25) is 0 Å². The van der Waals surface area contributed by atoms with Crippen molar-refractivity contribution in [1.29, 1.82) is 0 Å². The summed E-state index contributed by atoms with van der Waals surface area (Å²) >= 11 is 0. The van der Waals surface area contributed by atoms with E-state index in [-0.39, 0.29) is 0 Å². The molecule has 1 aliphatic rings. The normalized spacial score (nSPS) is 28.0. The van der Waals surface area contributed by atoms with Crippen molar-refractivity contribution in [3.63, 3.8) is 0 Å².